The van der Waals surface area contributed by atoms with Gasteiger partial charge in [-0.25, -0.2) is 4.98 Å². The first-order valence-corrected chi connectivity index (χ1v) is 6.95. The summed E-state index contributed by atoms with van der Waals surface area (Å²) in [6.07, 6.45) is 7.56. The van der Waals surface area contributed by atoms with Crippen LogP contribution >= 0.6 is 0 Å². The first kappa shape index (κ1) is 13.8. The van der Waals surface area contributed by atoms with Crippen molar-refractivity contribution >= 4 is 11.5 Å². The van der Waals surface area contributed by atoms with Crippen molar-refractivity contribution < 1.29 is 4.92 Å². The summed E-state index contributed by atoms with van der Waals surface area (Å²) >= 11 is 0. The van der Waals surface area contributed by atoms with E-state index < -0.39 is 4.92 Å². The quantitative estimate of drug-likeness (QED) is 0.513. The third-order valence-corrected chi connectivity index (χ3v) is 3.96. The largest absolute Gasteiger partial charge is 0.367 e. The minimum atomic E-state index is -0.405. The average molecular weight is 263 g/mol. The maximum absolute atomic E-state index is 10.7. The molecule has 19 heavy (non-hydrogen) atoms. The number of pyridine rings is 1. The van der Waals surface area contributed by atoms with Crippen molar-refractivity contribution in [3.8, 4) is 0 Å². The van der Waals surface area contributed by atoms with E-state index in [9.17, 15) is 10.1 Å². The first-order chi connectivity index (χ1) is 9.08. The fourth-order valence-electron chi connectivity index (χ4n) is 2.69. The zero-order chi connectivity index (χ0) is 13.8. The Labute approximate surface area is 113 Å². The molecule has 1 aliphatic carbocycles. The summed E-state index contributed by atoms with van der Waals surface area (Å²) in [7, 11) is 0. The van der Waals surface area contributed by atoms with Crippen LogP contribution in [0.2, 0.25) is 0 Å². The molecule has 0 bridgehead atoms. The van der Waals surface area contributed by atoms with Crippen LogP contribution in [-0.4, -0.2) is 15.9 Å². The van der Waals surface area contributed by atoms with Crippen LogP contribution in [0.15, 0.2) is 12.3 Å². The number of aromatic nitrogens is 1. The van der Waals surface area contributed by atoms with Crippen LogP contribution in [0.4, 0.5) is 11.5 Å². The predicted molar refractivity (Wildman–Crippen MR) is 75.3 cm³/mol. The van der Waals surface area contributed by atoms with Gasteiger partial charge in [-0.15, -0.1) is 0 Å². The Hall–Kier alpha value is -1.65. The average Bonchev–Trinajstić information content (AvgIpc) is 2.57. The molecule has 1 aromatic rings. The number of aryl methyl sites for hydroxylation is 1. The highest BCUT2D eigenvalue weighted by Crippen LogP contribution is 2.27. The van der Waals surface area contributed by atoms with E-state index in [0.29, 0.717) is 12.0 Å². The van der Waals surface area contributed by atoms with Gasteiger partial charge in [0.15, 0.2) is 0 Å². The zero-order valence-corrected chi connectivity index (χ0v) is 11.6. The highest BCUT2D eigenvalue weighted by Gasteiger charge is 2.21. The summed E-state index contributed by atoms with van der Waals surface area (Å²) < 4.78 is 0. The van der Waals surface area contributed by atoms with Crippen molar-refractivity contribution in [3.05, 3.63) is 27.9 Å². The van der Waals surface area contributed by atoms with E-state index in [0.717, 1.165) is 17.8 Å². The molecule has 0 aliphatic heterocycles. The lowest BCUT2D eigenvalue weighted by molar-refractivity contribution is -0.385. The van der Waals surface area contributed by atoms with E-state index in [2.05, 4.69) is 17.2 Å². The van der Waals surface area contributed by atoms with Crippen molar-refractivity contribution in [2.75, 3.05) is 5.32 Å². The summed E-state index contributed by atoms with van der Waals surface area (Å²) in [6.45, 7) is 4.13. The van der Waals surface area contributed by atoms with E-state index in [-0.39, 0.29) is 5.69 Å². The molecule has 5 nitrogen and oxygen atoms in total. The third kappa shape index (κ3) is 3.43. The number of hydrogen-bond acceptors (Lipinski definition) is 4. The van der Waals surface area contributed by atoms with Gasteiger partial charge in [0.25, 0.3) is 5.69 Å². The van der Waals surface area contributed by atoms with Gasteiger partial charge in [-0.05, 0) is 31.2 Å². The number of hydrogen-bond donors (Lipinski definition) is 1. The van der Waals surface area contributed by atoms with Crippen molar-refractivity contribution in [3.63, 3.8) is 0 Å². The van der Waals surface area contributed by atoms with Gasteiger partial charge in [-0.3, -0.25) is 10.1 Å². The predicted octanol–water partition coefficient (Wildman–Crippen LogP) is 3.68. The molecule has 0 spiro atoms. The van der Waals surface area contributed by atoms with Crippen LogP contribution in [0.3, 0.4) is 0 Å². The summed E-state index contributed by atoms with van der Waals surface area (Å²) in [5, 5.41) is 14.2. The van der Waals surface area contributed by atoms with Crippen LogP contribution in [0, 0.1) is 23.0 Å². The maximum atomic E-state index is 10.7. The van der Waals surface area contributed by atoms with E-state index in [1.165, 1.54) is 31.9 Å². The second kappa shape index (κ2) is 5.99. The minimum Gasteiger partial charge on any atom is -0.367 e. The lowest BCUT2D eigenvalue weighted by Crippen LogP contribution is -2.27. The van der Waals surface area contributed by atoms with Crippen molar-refractivity contribution in [1.29, 1.82) is 0 Å². The molecular weight excluding hydrogens is 242 g/mol. The standard InChI is InChI=1S/C14H21N3O2/c1-10-6-4-3-5-7-13(10)16-14-11(2)8-12(9-15-14)17(18)19/h8-10,13H,3-7H2,1-2H3,(H,15,16). The summed E-state index contributed by atoms with van der Waals surface area (Å²) in [5.74, 6) is 1.41. The second-order valence-electron chi connectivity index (χ2n) is 5.48. The van der Waals surface area contributed by atoms with E-state index >= 15 is 0 Å². The fourth-order valence-corrected chi connectivity index (χ4v) is 2.69. The normalized spacial score (nSPS) is 23.7. The Kier molecular flexibility index (Phi) is 4.35. The molecule has 2 rings (SSSR count). The highest BCUT2D eigenvalue weighted by molar-refractivity contribution is 5.48. The van der Waals surface area contributed by atoms with Crippen LogP contribution in [0.5, 0.6) is 0 Å². The smallest absolute Gasteiger partial charge is 0.287 e. The molecule has 1 fully saturated rings. The molecule has 5 heteroatoms. The molecule has 0 aromatic carbocycles. The van der Waals surface area contributed by atoms with Gasteiger partial charge in [-0.1, -0.05) is 26.2 Å². The molecule has 1 aliphatic rings. The van der Waals surface area contributed by atoms with Gasteiger partial charge in [0, 0.05) is 12.1 Å². The number of nitrogens with one attached hydrogen (secondary N) is 1. The van der Waals surface area contributed by atoms with Crippen LogP contribution in [0.25, 0.3) is 0 Å². The van der Waals surface area contributed by atoms with Crippen molar-refractivity contribution in [2.45, 2.75) is 52.0 Å². The summed E-state index contributed by atoms with van der Waals surface area (Å²) in [6, 6.07) is 2.01. The Morgan fingerprint density at radius 2 is 2.11 bits per heavy atom. The molecule has 104 valence electrons. The molecule has 1 heterocycles. The molecule has 1 saturated carbocycles. The number of anilines is 1. The van der Waals surface area contributed by atoms with Gasteiger partial charge >= 0.3 is 0 Å². The van der Waals surface area contributed by atoms with Crippen molar-refractivity contribution in [2.24, 2.45) is 5.92 Å². The van der Waals surface area contributed by atoms with E-state index in [1.54, 1.807) is 6.07 Å². The molecule has 1 N–H and O–H groups in total. The van der Waals surface area contributed by atoms with Crippen LogP contribution in [0.1, 0.15) is 44.6 Å². The molecular formula is C14H21N3O2. The molecule has 2 unspecified atom stereocenters. The van der Waals surface area contributed by atoms with Gasteiger partial charge in [0.1, 0.15) is 12.0 Å². The number of nitrogens with zero attached hydrogens (tertiary/aromatic N) is 2. The lowest BCUT2D eigenvalue weighted by atomic mass is 9.97. The molecule has 2 atom stereocenters. The molecule has 0 radical (unpaired) electrons. The third-order valence-electron chi connectivity index (χ3n) is 3.96. The highest BCUT2D eigenvalue weighted by atomic mass is 16.6. The Morgan fingerprint density at radius 3 is 2.79 bits per heavy atom. The molecule has 0 amide bonds. The Morgan fingerprint density at radius 1 is 1.37 bits per heavy atom. The van der Waals surface area contributed by atoms with Gasteiger partial charge in [0.05, 0.1) is 4.92 Å². The lowest BCUT2D eigenvalue weighted by Gasteiger charge is -2.24. The SMILES string of the molecule is Cc1cc([N+](=O)[O-])cnc1NC1CCCCCC1C. The van der Waals surface area contributed by atoms with Gasteiger partial charge in [-0.2, -0.15) is 0 Å². The minimum absolute atomic E-state index is 0.0527. The van der Waals surface area contributed by atoms with Crippen LogP contribution < -0.4 is 5.32 Å². The van der Waals surface area contributed by atoms with E-state index in [4.69, 9.17) is 0 Å². The summed E-state index contributed by atoms with van der Waals surface area (Å²) in [5.41, 5.74) is 0.891. The van der Waals surface area contributed by atoms with Crippen LogP contribution in [-0.2, 0) is 0 Å². The van der Waals surface area contributed by atoms with Gasteiger partial charge in [0.2, 0.25) is 0 Å². The Balaban J connectivity index is 2.11. The van der Waals surface area contributed by atoms with Crippen molar-refractivity contribution in [1.82, 2.24) is 4.98 Å². The monoisotopic (exact) mass is 263 g/mol. The number of nitro groups is 1. The number of rotatable bonds is 3. The first-order valence-electron chi connectivity index (χ1n) is 6.95. The van der Waals surface area contributed by atoms with Gasteiger partial charge < -0.3 is 5.32 Å². The second-order valence-corrected chi connectivity index (χ2v) is 5.48. The topological polar surface area (TPSA) is 68.1 Å². The zero-order valence-electron chi connectivity index (χ0n) is 11.6. The Bertz CT molecular complexity index is 462. The van der Waals surface area contributed by atoms with E-state index in [1.807, 2.05) is 6.92 Å². The summed E-state index contributed by atoms with van der Waals surface area (Å²) in [4.78, 5) is 14.5. The fraction of sp³-hybridized carbons (Fsp3) is 0.643. The molecule has 0 saturated heterocycles. The maximum Gasteiger partial charge on any atom is 0.287 e. The molecule has 1 aromatic heterocycles.